The Morgan fingerprint density at radius 2 is 1.47 bits per heavy atom. The molecule has 0 radical (unpaired) electrons. The van der Waals surface area contributed by atoms with Gasteiger partial charge in [0.25, 0.3) is 0 Å². The Morgan fingerprint density at radius 1 is 1.00 bits per heavy atom. The fraction of sp³-hybridized carbons (Fsp3) is 0.846. The van der Waals surface area contributed by atoms with Gasteiger partial charge in [-0.05, 0) is 26.2 Å². The van der Waals surface area contributed by atoms with Gasteiger partial charge in [-0.3, -0.25) is 0 Å². The molecule has 0 aromatic rings. The fourth-order valence-corrected chi connectivity index (χ4v) is 1.46. The first kappa shape index (κ1) is 17.9. The Hall–Kier alpha value is -1.14. The standard InChI is InChI=1S/C13H24O6/c1-12(2,3)9(11(16)17)18-7-8(10(14)15)19-13(4,5)6/h8-9H,7H2,1-6H3,(H,14,15)(H,16,17). The molecule has 0 bridgehead atoms. The lowest BCUT2D eigenvalue weighted by Gasteiger charge is -2.30. The van der Waals surface area contributed by atoms with Crippen LogP contribution in [0.5, 0.6) is 0 Å². The summed E-state index contributed by atoms with van der Waals surface area (Å²) in [6.45, 7) is 10.0. The number of rotatable bonds is 6. The molecule has 6 heteroatoms. The molecule has 0 rings (SSSR count). The van der Waals surface area contributed by atoms with Gasteiger partial charge < -0.3 is 19.7 Å². The van der Waals surface area contributed by atoms with E-state index in [1.165, 1.54) is 0 Å². The normalized spacial score (nSPS) is 15.9. The summed E-state index contributed by atoms with van der Waals surface area (Å²) in [6, 6.07) is 0. The lowest BCUT2D eigenvalue weighted by molar-refractivity contribution is -0.179. The van der Waals surface area contributed by atoms with E-state index in [2.05, 4.69) is 0 Å². The van der Waals surface area contributed by atoms with Gasteiger partial charge in [0.1, 0.15) is 0 Å². The molecule has 0 aromatic carbocycles. The third-order valence-electron chi connectivity index (χ3n) is 2.20. The van der Waals surface area contributed by atoms with E-state index in [-0.39, 0.29) is 6.61 Å². The summed E-state index contributed by atoms with van der Waals surface area (Å²) in [6.07, 6.45) is -2.28. The first-order chi connectivity index (χ1) is 8.34. The van der Waals surface area contributed by atoms with Crippen LogP contribution < -0.4 is 0 Å². The van der Waals surface area contributed by atoms with E-state index in [1.54, 1.807) is 41.5 Å². The molecule has 6 nitrogen and oxygen atoms in total. The van der Waals surface area contributed by atoms with Crippen LogP contribution in [0.4, 0.5) is 0 Å². The SMILES string of the molecule is CC(C)(C)OC(COC(C(=O)O)C(C)(C)C)C(=O)O. The number of aliphatic carboxylic acids is 2. The van der Waals surface area contributed by atoms with Crippen LogP contribution in [-0.2, 0) is 19.1 Å². The largest absolute Gasteiger partial charge is 0.479 e. The van der Waals surface area contributed by atoms with Crippen LogP contribution in [0.25, 0.3) is 0 Å². The quantitative estimate of drug-likeness (QED) is 0.768. The highest BCUT2D eigenvalue weighted by Gasteiger charge is 2.34. The van der Waals surface area contributed by atoms with Gasteiger partial charge in [-0.1, -0.05) is 20.8 Å². The van der Waals surface area contributed by atoms with Gasteiger partial charge in [-0.2, -0.15) is 0 Å². The zero-order valence-electron chi connectivity index (χ0n) is 12.4. The Labute approximate surface area is 113 Å². The van der Waals surface area contributed by atoms with Crippen molar-refractivity contribution < 1.29 is 29.3 Å². The summed E-state index contributed by atoms with van der Waals surface area (Å²) < 4.78 is 10.6. The molecule has 0 saturated heterocycles. The van der Waals surface area contributed by atoms with Crippen molar-refractivity contribution in [3.05, 3.63) is 0 Å². The van der Waals surface area contributed by atoms with Crippen LogP contribution in [0.15, 0.2) is 0 Å². The van der Waals surface area contributed by atoms with Crippen molar-refractivity contribution in [2.45, 2.75) is 59.4 Å². The summed E-state index contributed by atoms with van der Waals surface area (Å²) in [7, 11) is 0. The van der Waals surface area contributed by atoms with Gasteiger partial charge in [0.2, 0.25) is 0 Å². The second-order valence-corrected chi connectivity index (χ2v) is 6.47. The zero-order chi connectivity index (χ0) is 15.4. The molecular formula is C13H24O6. The third-order valence-corrected chi connectivity index (χ3v) is 2.20. The number of carbonyl (C=O) groups is 2. The molecule has 0 fully saturated rings. The highest BCUT2D eigenvalue weighted by atomic mass is 16.6. The van der Waals surface area contributed by atoms with Gasteiger partial charge in [0, 0.05) is 0 Å². The molecule has 0 aliphatic carbocycles. The number of hydrogen-bond acceptors (Lipinski definition) is 4. The lowest BCUT2D eigenvalue weighted by atomic mass is 9.89. The van der Waals surface area contributed by atoms with Crippen molar-refractivity contribution in [1.29, 1.82) is 0 Å². The first-order valence-corrected chi connectivity index (χ1v) is 6.09. The fourth-order valence-electron chi connectivity index (χ4n) is 1.46. The molecular weight excluding hydrogens is 252 g/mol. The van der Waals surface area contributed by atoms with Crippen molar-refractivity contribution in [2.24, 2.45) is 5.41 Å². The van der Waals surface area contributed by atoms with Crippen molar-refractivity contribution in [3.8, 4) is 0 Å². The van der Waals surface area contributed by atoms with Gasteiger partial charge in [-0.15, -0.1) is 0 Å². The van der Waals surface area contributed by atoms with Crippen LogP contribution in [-0.4, -0.2) is 46.6 Å². The van der Waals surface area contributed by atoms with Crippen LogP contribution in [0, 0.1) is 5.41 Å². The minimum atomic E-state index is -1.19. The predicted octanol–water partition coefficient (Wildman–Crippen LogP) is 1.77. The lowest BCUT2D eigenvalue weighted by Crippen LogP contribution is -2.42. The molecule has 0 amide bonds. The van der Waals surface area contributed by atoms with Gasteiger partial charge in [0.15, 0.2) is 12.2 Å². The topological polar surface area (TPSA) is 93.1 Å². The Bertz CT molecular complexity index is 323. The maximum Gasteiger partial charge on any atom is 0.335 e. The summed E-state index contributed by atoms with van der Waals surface area (Å²) in [4.78, 5) is 22.2. The summed E-state index contributed by atoms with van der Waals surface area (Å²) >= 11 is 0. The maximum atomic E-state index is 11.1. The van der Waals surface area contributed by atoms with E-state index in [0.29, 0.717) is 0 Å². The molecule has 0 aliphatic rings. The molecule has 0 heterocycles. The van der Waals surface area contributed by atoms with Crippen molar-refractivity contribution in [1.82, 2.24) is 0 Å². The van der Waals surface area contributed by atoms with Crippen LogP contribution >= 0.6 is 0 Å². The summed E-state index contributed by atoms with van der Waals surface area (Å²) in [5.74, 6) is -2.29. The molecule has 2 N–H and O–H groups in total. The van der Waals surface area contributed by atoms with Gasteiger partial charge >= 0.3 is 11.9 Å². The third kappa shape index (κ3) is 7.12. The van der Waals surface area contributed by atoms with E-state index in [0.717, 1.165) is 0 Å². The van der Waals surface area contributed by atoms with Crippen LogP contribution in [0.1, 0.15) is 41.5 Å². The highest BCUT2D eigenvalue weighted by Crippen LogP contribution is 2.23. The van der Waals surface area contributed by atoms with E-state index < -0.39 is 35.2 Å². The van der Waals surface area contributed by atoms with Gasteiger partial charge in [-0.25, -0.2) is 9.59 Å². The molecule has 112 valence electrons. The zero-order valence-corrected chi connectivity index (χ0v) is 12.4. The predicted molar refractivity (Wildman–Crippen MR) is 69.1 cm³/mol. The average molecular weight is 276 g/mol. The maximum absolute atomic E-state index is 11.1. The second kappa shape index (κ2) is 6.34. The number of carboxylic acids is 2. The molecule has 0 spiro atoms. The van der Waals surface area contributed by atoms with E-state index in [4.69, 9.17) is 19.7 Å². The Morgan fingerprint density at radius 3 is 1.74 bits per heavy atom. The molecule has 2 atom stereocenters. The summed E-state index contributed by atoms with van der Waals surface area (Å²) in [5.41, 5.74) is -1.27. The van der Waals surface area contributed by atoms with E-state index in [9.17, 15) is 9.59 Å². The smallest absolute Gasteiger partial charge is 0.335 e. The van der Waals surface area contributed by atoms with E-state index >= 15 is 0 Å². The Balaban J connectivity index is 4.71. The molecule has 19 heavy (non-hydrogen) atoms. The number of carboxylic acid groups (broad SMARTS) is 2. The Kier molecular flexibility index (Phi) is 5.96. The minimum Gasteiger partial charge on any atom is -0.479 e. The van der Waals surface area contributed by atoms with Crippen molar-refractivity contribution in [3.63, 3.8) is 0 Å². The number of hydrogen-bond donors (Lipinski definition) is 2. The van der Waals surface area contributed by atoms with Gasteiger partial charge in [0.05, 0.1) is 12.2 Å². The molecule has 2 unspecified atom stereocenters. The molecule has 0 aromatic heterocycles. The average Bonchev–Trinajstić information content (AvgIpc) is 2.11. The second-order valence-electron chi connectivity index (χ2n) is 6.47. The molecule has 0 aliphatic heterocycles. The van der Waals surface area contributed by atoms with Crippen molar-refractivity contribution in [2.75, 3.05) is 6.61 Å². The minimum absolute atomic E-state index is 0.305. The van der Waals surface area contributed by atoms with E-state index in [1.807, 2.05) is 0 Å². The molecule has 0 saturated carbocycles. The monoisotopic (exact) mass is 276 g/mol. The van der Waals surface area contributed by atoms with Crippen molar-refractivity contribution >= 4 is 11.9 Å². The number of ether oxygens (including phenoxy) is 2. The van der Waals surface area contributed by atoms with Crippen LogP contribution in [0.3, 0.4) is 0 Å². The first-order valence-electron chi connectivity index (χ1n) is 6.09. The highest BCUT2D eigenvalue weighted by molar-refractivity contribution is 5.74. The van der Waals surface area contributed by atoms with Crippen LogP contribution in [0.2, 0.25) is 0 Å². The summed E-state index contributed by atoms with van der Waals surface area (Å²) in [5, 5.41) is 18.1.